The van der Waals surface area contributed by atoms with Crippen molar-refractivity contribution in [1.82, 2.24) is 0 Å². The van der Waals surface area contributed by atoms with Gasteiger partial charge in [-0.3, -0.25) is 0 Å². The number of ether oxygens (including phenoxy) is 3. The van der Waals surface area contributed by atoms with Gasteiger partial charge in [-0.25, -0.2) is 0 Å². The van der Waals surface area contributed by atoms with E-state index in [0.717, 1.165) is 34.3 Å². The Morgan fingerprint density at radius 1 is 0.968 bits per heavy atom. The number of carbonyl (C=O) groups excluding carboxylic acids is 1. The van der Waals surface area contributed by atoms with Gasteiger partial charge in [0.1, 0.15) is 30.1 Å². The smallest absolute Gasteiger partial charge is 0.134 e. The Labute approximate surface area is 183 Å². The number of carbonyl (C=O) groups is 1. The van der Waals surface area contributed by atoms with Crippen molar-refractivity contribution in [2.75, 3.05) is 7.11 Å². The van der Waals surface area contributed by atoms with Crippen LogP contribution in [0, 0.1) is 0 Å². The molecule has 0 radical (unpaired) electrons. The normalized spacial score (nSPS) is 15.0. The van der Waals surface area contributed by atoms with Crippen LogP contribution in [0.2, 0.25) is 0 Å². The second-order valence-corrected chi connectivity index (χ2v) is 7.92. The summed E-state index contributed by atoms with van der Waals surface area (Å²) in [7, 11) is 1.63. The zero-order valence-corrected chi connectivity index (χ0v) is 18.0. The van der Waals surface area contributed by atoms with E-state index in [0.29, 0.717) is 24.0 Å². The van der Waals surface area contributed by atoms with Gasteiger partial charge < -0.3 is 19.0 Å². The summed E-state index contributed by atoms with van der Waals surface area (Å²) in [5.41, 5.74) is 5.00. The molecule has 1 aliphatic rings. The average molecular weight is 415 g/mol. The van der Waals surface area contributed by atoms with E-state index in [1.165, 1.54) is 5.56 Å². The molecule has 1 atom stereocenters. The van der Waals surface area contributed by atoms with Crippen LogP contribution in [0.4, 0.5) is 0 Å². The summed E-state index contributed by atoms with van der Waals surface area (Å²) in [4.78, 5) is 11.9. The zero-order chi connectivity index (χ0) is 21.8. The fourth-order valence-electron chi connectivity index (χ4n) is 3.67. The minimum absolute atomic E-state index is 0.394. The van der Waals surface area contributed by atoms with Crippen LogP contribution < -0.4 is 14.2 Å². The third-order valence-corrected chi connectivity index (χ3v) is 5.58. The minimum Gasteiger partial charge on any atom is -0.497 e. The van der Waals surface area contributed by atoms with Crippen LogP contribution in [0.15, 0.2) is 73.0 Å². The highest BCUT2D eigenvalue weighted by molar-refractivity contribution is 5.88. The minimum atomic E-state index is -0.394. The fourth-order valence-corrected chi connectivity index (χ4v) is 3.67. The Hall–Kier alpha value is -3.53. The SMILES string of the molecule is COc1ccc(C2=COc3cc(OCc4ccc(C(C)C)cc4)ccc3C2C=O)cc1. The molecule has 4 heteroatoms. The molecule has 0 fully saturated rings. The first-order valence-electron chi connectivity index (χ1n) is 10.4. The predicted octanol–water partition coefficient (Wildman–Crippen LogP) is 6.11. The summed E-state index contributed by atoms with van der Waals surface area (Å²) >= 11 is 0. The van der Waals surface area contributed by atoms with E-state index in [2.05, 4.69) is 38.1 Å². The van der Waals surface area contributed by atoms with Crippen molar-refractivity contribution in [1.29, 1.82) is 0 Å². The van der Waals surface area contributed by atoms with E-state index in [1.54, 1.807) is 13.4 Å². The predicted molar refractivity (Wildman–Crippen MR) is 122 cm³/mol. The van der Waals surface area contributed by atoms with Gasteiger partial charge in [0.2, 0.25) is 0 Å². The lowest BCUT2D eigenvalue weighted by molar-refractivity contribution is -0.108. The summed E-state index contributed by atoms with van der Waals surface area (Å²) in [6, 6.07) is 21.7. The molecule has 3 aromatic carbocycles. The number of rotatable bonds is 7. The maximum Gasteiger partial charge on any atom is 0.134 e. The lowest BCUT2D eigenvalue weighted by atomic mass is 9.86. The van der Waals surface area contributed by atoms with Gasteiger partial charge in [0.05, 0.1) is 19.3 Å². The highest BCUT2D eigenvalue weighted by atomic mass is 16.5. The van der Waals surface area contributed by atoms with Crippen LogP contribution in [0.3, 0.4) is 0 Å². The molecule has 4 nitrogen and oxygen atoms in total. The van der Waals surface area contributed by atoms with Crippen molar-refractivity contribution in [2.24, 2.45) is 0 Å². The molecule has 4 rings (SSSR count). The number of hydrogen-bond acceptors (Lipinski definition) is 4. The number of fused-ring (bicyclic) bond motifs is 1. The fraction of sp³-hybridized carbons (Fsp3) is 0.222. The molecule has 1 heterocycles. The summed E-state index contributed by atoms with van der Waals surface area (Å²) in [5.74, 6) is 2.23. The molecule has 0 N–H and O–H groups in total. The van der Waals surface area contributed by atoms with Crippen molar-refractivity contribution in [3.63, 3.8) is 0 Å². The number of hydrogen-bond donors (Lipinski definition) is 0. The highest BCUT2D eigenvalue weighted by Gasteiger charge is 2.26. The van der Waals surface area contributed by atoms with Gasteiger partial charge in [-0.2, -0.15) is 0 Å². The summed E-state index contributed by atoms with van der Waals surface area (Å²) in [6.45, 7) is 4.83. The van der Waals surface area contributed by atoms with E-state index in [4.69, 9.17) is 14.2 Å². The Kier molecular flexibility index (Phi) is 6.08. The molecule has 0 amide bonds. The van der Waals surface area contributed by atoms with E-state index in [9.17, 15) is 4.79 Å². The molecule has 0 aromatic heterocycles. The van der Waals surface area contributed by atoms with Gasteiger partial charge in [-0.05, 0) is 40.8 Å². The van der Waals surface area contributed by atoms with Crippen molar-refractivity contribution < 1.29 is 19.0 Å². The molecule has 0 bridgehead atoms. The lowest BCUT2D eigenvalue weighted by Crippen LogP contribution is -2.11. The van der Waals surface area contributed by atoms with Crippen LogP contribution in [-0.4, -0.2) is 13.4 Å². The van der Waals surface area contributed by atoms with Gasteiger partial charge in [0.25, 0.3) is 0 Å². The quantitative estimate of drug-likeness (QED) is 0.437. The molecule has 1 unspecified atom stereocenters. The van der Waals surface area contributed by atoms with Crippen LogP contribution in [0.1, 0.15) is 47.9 Å². The maximum atomic E-state index is 11.9. The van der Waals surface area contributed by atoms with E-state index in [-0.39, 0.29) is 0 Å². The van der Waals surface area contributed by atoms with Crippen molar-refractivity contribution in [3.8, 4) is 17.2 Å². The van der Waals surface area contributed by atoms with Crippen molar-refractivity contribution in [3.05, 3.63) is 95.2 Å². The first-order valence-corrected chi connectivity index (χ1v) is 10.4. The molecule has 0 spiro atoms. The van der Waals surface area contributed by atoms with Crippen LogP contribution in [0.5, 0.6) is 17.2 Å². The molecular weight excluding hydrogens is 388 g/mol. The Bertz CT molecular complexity index is 1080. The first kappa shape index (κ1) is 20.7. The molecule has 158 valence electrons. The number of benzene rings is 3. The maximum absolute atomic E-state index is 11.9. The molecule has 0 saturated heterocycles. The van der Waals surface area contributed by atoms with Crippen molar-refractivity contribution >= 4 is 11.9 Å². The number of allylic oxidation sites excluding steroid dienone is 1. The van der Waals surface area contributed by atoms with Crippen molar-refractivity contribution in [2.45, 2.75) is 32.3 Å². The summed E-state index contributed by atoms with van der Waals surface area (Å²) in [6.07, 6.45) is 2.60. The second-order valence-electron chi connectivity index (χ2n) is 7.92. The highest BCUT2D eigenvalue weighted by Crippen LogP contribution is 2.41. The van der Waals surface area contributed by atoms with Gasteiger partial charge in [0.15, 0.2) is 0 Å². The van der Waals surface area contributed by atoms with Crippen LogP contribution in [0.25, 0.3) is 5.57 Å². The Morgan fingerprint density at radius 2 is 1.68 bits per heavy atom. The lowest BCUT2D eigenvalue weighted by Gasteiger charge is -2.24. The van der Waals surface area contributed by atoms with Crippen LogP contribution >= 0.6 is 0 Å². The first-order chi connectivity index (χ1) is 15.1. The summed E-state index contributed by atoms with van der Waals surface area (Å²) < 4.78 is 17.1. The molecule has 0 aliphatic carbocycles. The summed E-state index contributed by atoms with van der Waals surface area (Å²) in [5, 5.41) is 0. The van der Waals surface area contributed by atoms with E-state index in [1.807, 2.05) is 42.5 Å². The van der Waals surface area contributed by atoms with Gasteiger partial charge in [-0.1, -0.05) is 56.3 Å². The number of aldehydes is 1. The standard InChI is InChI=1S/C27H26O4/c1-18(2)20-6-4-19(5-7-20)16-30-23-12-13-24-25(15-28)26(17-31-27(24)14-23)21-8-10-22(29-3)11-9-21/h4-15,17-18,25H,16H2,1-3H3. The van der Waals surface area contributed by atoms with E-state index >= 15 is 0 Å². The third-order valence-electron chi connectivity index (χ3n) is 5.58. The van der Waals surface area contributed by atoms with E-state index < -0.39 is 5.92 Å². The largest absolute Gasteiger partial charge is 0.497 e. The number of methoxy groups -OCH3 is 1. The molecule has 1 aliphatic heterocycles. The topological polar surface area (TPSA) is 44.8 Å². The Balaban J connectivity index is 1.49. The Morgan fingerprint density at radius 3 is 2.32 bits per heavy atom. The average Bonchev–Trinajstić information content (AvgIpc) is 2.82. The molecule has 0 saturated carbocycles. The zero-order valence-electron chi connectivity index (χ0n) is 18.0. The van der Waals surface area contributed by atoms with Crippen LogP contribution in [-0.2, 0) is 11.4 Å². The second kappa shape index (κ2) is 9.09. The molecular formula is C27H26O4. The van der Waals surface area contributed by atoms with Gasteiger partial charge >= 0.3 is 0 Å². The van der Waals surface area contributed by atoms with Gasteiger partial charge in [0, 0.05) is 17.2 Å². The molecule has 31 heavy (non-hydrogen) atoms. The third kappa shape index (κ3) is 4.48. The van der Waals surface area contributed by atoms with Gasteiger partial charge in [-0.15, -0.1) is 0 Å². The monoisotopic (exact) mass is 414 g/mol. The molecule has 3 aromatic rings.